The Kier molecular flexibility index (Phi) is 7.11. The number of nitrogens with zero attached hydrogens (tertiary/aromatic N) is 5. The van der Waals surface area contributed by atoms with Crippen LogP contribution in [0.5, 0.6) is 0 Å². The predicted octanol–water partition coefficient (Wildman–Crippen LogP) is 5.06. The van der Waals surface area contributed by atoms with Crippen LogP contribution in [0.4, 0.5) is 24.8 Å². The van der Waals surface area contributed by atoms with Crippen molar-refractivity contribution in [1.29, 1.82) is 0 Å². The van der Waals surface area contributed by atoms with Crippen molar-refractivity contribution >= 4 is 41.6 Å². The number of benzene rings is 1. The fraction of sp³-hybridized carbons (Fsp3) is 0.292. The fourth-order valence-corrected chi connectivity index (χ4v) is 4.08. The summed E-state index contributed by atoms with van der Waals surface area (Å²) < 4.78 is 39.6. The zero-order valence-electron chi connectivity index (χ0n) is 19.3. The molecule has 2 aromatic heterocycles. The third kappa shape index (κ3) is 5.25. The molecule has 1 aliphatic heterocycles. The molecule has 0 saturated carbocycles. The Bertz CT molecular complexity index is 1300. The molecular weight excluding hydrogens is 495 g/mol. The Labute approximate surface area is 210 Å². The number of nitrogens with one attached hydrogen (secondary N) is 2. The van der Waals surface area contributed by atoms with Crippen molar-refractivity contribution in [3.63, 3.8) is 0 Å². The molecule has 3 heterocycles. The van der Waals surface area contributed by atoms with E-state index in [2.05, 4.69) is 37.2 Å². The molecule has 0 aliphatic carbocycles. The molecule has 1 aliphatic rings. The summed E-state index contributed by atoms with van der Waals surface area (Å²) in [6, 6.07) is 6.79. The van der Waals surface area contributed by atoms with Crippen molar-refractivity contribution in [2.45, 2.75) is 37.9 Å². The van der Waals surface area contributed by atoms with Gasteiger partial charge in [0.1, 0.15) is 17.1 Å². The van der Waals surface area contributed by atoms with Crippen LogP contribution in [-0.4, -0.2) is 44.4 Å². The van der Waals surface area contributed by atoms with E-state index in [1.54, 1.807) is 54.3 Å². The maximum absolute atomic E-state index is 13.2. The molecule has 8 nitrogen and oxygen atoms in total. The zero-order valence-corrected chi connectivity index (χ0v) is 20.1. The Morgan fingerprint density at radius 2 is 2.03 bits per heavy atom. The fourth-order valence-electron chi connectivity index (χ4n) is 3.96. The molecule has 1 aromatic carbocycles. The van der Waals surface area contributed by atoms with E-state index in [4.69, 9.17) is 11.6 Å². The van der Waals surface area contributed by atoms with Gasteiger partial charge in [-0.05, 0) is 31.0 Å². The van der Waals surface area contributed by atoms with Crippen molar-refractivity contribution in [3.8, 4) is 0 Å². The molecule has 0 spiro atoms. The number of anilines is 2. The summed E-state index contributed by atoms with van der Waals surface area (Å²) in [5.74, 6) is 1.06. The second-order valence-corrected chi connectivity index (χ2v) is 8.73. The van der Waals surface area contributed by atoms with Gasteiger partial charge in [-0.1, -0.05) is 30.3 Å². The van der Waals surface area contributed by atoms with Crippen LogP contribution in [0, 0.1) is 0 Å². The first kappa shape index (κ1) is 25.4. The van der Waals surface area contributed by atoms with Crippen molar-refractivity contribution in [2.24, 2.45) is 4.99 Å². The minimum atomic E-state index is -4.26. The third-order valence-electron chi connectivity index (χ3n) is 5.83. The second-order valence-electron chi connectivity index (χ2n) is 8.29. The van der Waals surface area contributed by atoms with E-state index >= 15 is 0 Å². The molecule has 1 unspecified atom stereocenters. The highest BCUT2D eigenvalue weighted by Gasteiger charge is 2.47. The first-order valence-corrected chi connectivity index (χ1v) is 11.4. The van der Waals surface area contributed by atoms with Crippen LogP contribution in [0.15, 0.2) is 48.2 Å². The van der Waals surface area contributed by atoms with Crippen LogP contribution in [0.25, 0.3) is 6.20 Å². The third-order valence-corrected chi connectivity index (χ3v) is 6.08. The van der Waals surface area contributed by atoms with Gasteiger partial charge in [-0.2, -0.15) is 13.2 Å². The molecule has 4 rings (SSSR count). The summed E-state index contributed by atoms with van der Waals surface area (Å²) in [6.45, 7) is 5.47. The van der Waals surface area contributed by atoms with Crippen LogP contribution in [-0.2, 0) is 16.8 Å². The number of imidazole rings is 1. The van der Waals surface area contributed by atoms with E-state index < -0.39 is 18.0 Å². The van der Waals surface area contributed by atoms with E-state index in [0.717, 1.165) is 0 Å². The molecule has 36 heavy (non-hydrogen) atoms. The van der Waals surface area contributed by atoms with E-state index in [1.807, 2.05) is 0 Å². The van der Waals surface area contributed by atoms with Gasteiger partial charge in [-0.15, -0.1) is 0 Å². The lowest BCUT2D eigenvalue weighted by molar-refractivity contribution is -0.134. The van der Waals surface area contributed by atoms with Crippen LogP contribution >= 0.6 is 11.6 Å². The normalized spacial score (nSPS) is 17.3. The van der Waals surface area contributed by atoms with Gasteiger partial charge >= 0.3 is 6.18 Å². The molecule has 3 aromatic rings. The number of carbonyl (C=O) groups is 1. The largest absolute Gasteiger partial charge is 0.389 e. The summed E-state index contributed by atoms with van der Waals surface area (Å²) in [7, 11) is 0. The SMILES string of the molecule is C=Cn1ccnc1/C=N\Cc1nc(NCCCC(F)(F)F)c2c(n1)NC(=O)C2(C)c1ccc(Cl)cc1. The number of carbonyl (C=O) groups excluding carboxylic acids is 1. The molecule has 0 saturated heterocycles. The number of fused-ring (bicyclic) bond motifs is 1. The summed E-state index contributed by atoms with van der Waals surface area (Å²) in [5, 5.41) is 6.29. The minimum absolute atomic E-state index is 0.00727. The number of halogens is 4. The van der Waals surface area contributed by atoms with Gasteiger partial charge in [-0.3, -0.25) is 9.79 Å². The highest BCUT2D eigenvalue weighted by molar-refractivity contribution is 6.30. The standard InChI is InChI=1S/C24H23ClF3N7O/c1-3-35-12-11-30-18(35)14-29-13-17-32-20(31-10-4-9-24(26,27)28)19-21(33-17)34-22(36)23(19,2)15-5-7-16(25)8-6-15/h3,5-8,11-12,14H,1,4,9-10,13H2,2H3,(H2,31,32,33,34,36)/b29-14-. The van der Waals surface area contributed by atoms with Crippen LogP contribution in [0.1, 0.15) is 42.5 Å². The number of amides is 1. The monoisotopic (exact) mass is 517 g/mol. The summed E-state index contributed by atoms with van der Waals surface area (Å²) in [6.07, 6.45) is 1.08. The van der Waals surface area contributed by atoms with E-state index in [-0.39, 0.29) is 42.9 Å². The highest BCUT2D eigenvalue weighted by atomic mass is 35.5. The lowest BCUT2D eigenvalue weighted by atomic mass is 9.77. The summed E-state index contributed by atoms with van der Waals surface area (Å²) in [5.41, 5.74) is -0.0770. The molecule has 1 amide bonds. The highest BCUT2D eigenvalue weighted by Crippen LogP contribution is 2.45. The number of aliphatic imine (C=N–C) groups is 1. The van der Waals surface area contributed by atoms with E-state index in [1.165, 1.54) is 6.21 Å². The smallest absolute Gasteiger partial charge is 0.370 e. The van der Waals surface area contributed by atoms with Crippen molar-refractivity contribution in [1.82, 2.24) is 19.5 Å². The molecule has 0 radical (unpaired) electrons. The van der Waals surface area contributed by atoms with Crippen LogP contribution in [0.2, 0.25) is 5.02 Å². The van der Waals surface area contributed by atoms with Crippen molar-refractivity contribution < 1.29 is 18.0 Å². The number of hydrogen-bond donors (Lipinski definition) is 2. The number of aromatic nitrogens is 4. The quantitative estimate of drug-likeness (QED) is 0.305. The van der Waals surface area contributed by atoms with Crippen molar-refractivity contribution in [3.05, 3.63) is 71.0 Å². The Hall–Kier alpha value is -3.73. The average molecular weight is 518 g/mol. The first-order valence-electron chi connectivity index (χ1n) is 11.1. The Morgan fingerprint density at radius 1 is 1.28 bits per heavy atom. The maximum Gasteiger partial charge on any atom is 0.389 e. The van der Waals surface area contributed by atoms with Crippen LogP contribution in [0.3, 0.4) is 0 Å². The van der Waals surface area contributed by atoms with Crippen LogP contribution < -0.4 is 10.6 Å². The van der Waals surface area contributed by atoms with E-state index in [9.17, 15) is 18.0 Å². The Morgan fingerprint density at radius 3 is 2.72 bits per heavy atom. The average Bonchev–Trinajstić information content (AvgIpc) is 3.38. The summed E-state index contributed by atoms with van der Waals surface area (Å²) in [4.78, 5) is 30.7. The van der Waals surface area contributed by atoms with Gasteiger partial charge in [0.05, 0.1) is 18.3 Å². The topological polar surface area (TPSA) is 97.1 Å². The molecule has 2 N–H and O–H groups in total. The van der Waals surface area contributed by atoms with Gasteiger partial charge in [0.2, 0.25) is 5.91 Å². The number of rotatable bonds is 9. The molecule has 12 heteroatoms. The molecule has 0 fully saturated rings. The maximum atomic E-state index is 13.2. The second kappa shape index (κ2) is 10.1. The van der Waals surface area contributed by atoms with Gasteiger partial charge < -0.3 is 15.2 Å². The number of hydrogen-bond acceptors (Lipinski definition) is 6. The zero-order chi connectivity index (χ0) is 25.9. The first-order chi connectivity index (χ1) is 17.1. The van der Waals surface area contributed by atoms with Gasteiger partial charge in [0, 0.05) is 36.6 Å². The minimum Gasteiger partial charge on any atom is -0.370 e. The van der Waals surface area contributed by atoms with Gasteiger partial charge in [0.15, 0.2) is 11.6 Å². The lowest BCUT2D eigenvalue weighted by Crippen LogP contribution is -2.33. The molecule has 0 bridgehead atoms. The number of alkyl halides is 3. The van der Waals surface area contributed by atoms with Crippen molar-refractivity contribution in [2.75, 3.05) is 17.2 Å². The Balaban J connectivity index is 1.67. The molecular formula is C24H23ClF3N7O. The van der Waals surface area contributed by atoms with Gasteiger partial charge in [-0.25, -0.2) is 15.0 Å². The van der Waals surface area contributed by atoms with Gasteiger partial charge in [0.25, 0.3) is 0 Å². The lowest BCUT2D eigenvalue weighted by Gasteiger charge is -2.25. The molecule has 188 valence electrons. The molecule has 1 atom stereocenters. The predicted molar refractivity (Wildman–Crippen MR) is 132 cm³/mol. The summed E-state index contributed by atoms with van der Waals surface area (Å²) >= 11 is 6.02. The van der Waals surface area contributed by atoms with E-state index in [0.29, 0.717) is 22.0 Å².